The van der Waals surface area contributed by atoms with Gasteiger partial charge in [-0.25, -0.2) is 4.79 Å². The van der Waals surface area contributed by atoms with Crippen LogP contribution in [0.15, 0.2) is 12.7 Å². The molecule has 16 heavy (non-hydrogen) atoms. The molecule has 0 aromatic rings. The second-order valence-electron chi connectivity index (χ2n) is 4.20. The molecule has 0 aromatic carbocycles. The van der Waals surface area contributed by atoms with Gasteiger partial charge in [-0.05, 0) is 19.8 Å². The highest BCUT2D eigenvalue weighted by molar-refractivity contribution is 5.77. The zero-order chi connectivity index (χ0) is 12.2. The van der Waals surface area contributed by atoms with Gasteiger partial charge in [0.2, 0.25) is 0 Å². The highest BCUT2D eigenvalue weighted by Crippen LogP contribution is 2.38. The fourth-order valence-electron chi connectivity index (χ4n) is 1.97. The van der Waals surface area contributed by atoms with E-state index in [9.17, 15) is 9.59 Å². The molecule has 0 aromatic heterocycles. The lowest BCUT2D eigenvalue weighted by molar-refractivity contribution is -0.148. The second kappa shape index (κ2) is 5.01. The Labute approximate surface area is 94.5 Å². The molecule has 1 rings (SSSR count). The maximum Gasteiger partial charge on any atom is 0.407 e. The molecule has 1 aliphatic rings. The molecule has 0 aliphatic heterocycles. The summed E-state index contributed by atoms with van der Waals surface area (Å²) in [5, 5.41) is 11.7. The van der Waals surface area contributed by atoms with Crippen molar-refractivity contribution in [2.24, 2.45) is 5.41 Å². The molecule has 0 heterocycles. The van der Waals surface area contributed by atoms with Gasteiger partial charge in [0, 0.05) is 6.04 Å². The fraction of sp³-hybridized carbons (Fsp3) is 0.636. The number of hydrogen-bond acceptors (Lipinski definition) is 3. The molecular formula is C11H17NO4. The van der Waals surface area contributed by atoms with Crippen LogP contribution in [0.3, 0.4) is 0 Å². The highest BCUT2D eigenvalue weighted by atomic mass is 16.5. The largest absolute Gasteiger partial charge is 0.481 e. The van der Waals surface area contributed by atoms with E-state index >= 15 is 0 Å². The zero-order valence-electron chi connectivity index (χ0n) is 9.36. The van der Waals surface area contributed by atoms with Gasteiger partial charge in [-0.1, -0.05) is 19.1 Å². The van der Waals surface area contributed by atoms with Crippen molar-refractivity contribution >= 4 is 12.1 Å². The van der Waals surface area contributed by atoms with Crippen LogP contribution in [0.5, 0.6) is 0 Å². The number of nitrogens with one attached hydrogen (secondary N) is 1. The van der Waals surface area contributed by atoms with Crippen LogP contribution >= 0.6 is 0 Å². The number of ether oxygens (including phenoxy) is 1. The van der Waals surface area contributed by atoms with Crippen LogP contribution in [-0.2, 0) is 9.53 Å². The van der Waals surface area contributed by atoms with Crippen molar-refractivity contribution in [2.45, 2.75) is 32.2 Å². The summed E-state index contributed by atoms with van der Waals surface area (Å²) in [4.78, 5) is 22.4. The van der Waals surface area contributed by atoms with Crippen molar-refractivity contribution in [1.82, 2.24) is 5.32 Å². The number of carboxylic acids is 1. The molecule has 2 N–H and O–H groups in total. The van der Waals surface area contributed by atoms with E-state index in [1.165, 1.54) is 6.08 Å². The van der Waals surface area contributed by atoms with Crippen molar-refractivity contribution in [3.63, 3.8) is 0 Å². The SMILES string of the molecule is C=CCOC(=O)N[C@H]1CCC[C@]1(C)C(=O)O. The van der Waals surface area contributed by atoms with Crippen molar-refractivity contribution in [3.05, 3.63) is 12.7 Å². The minimum atomic E-state index is -0.882. The average molecular weight is 227 g/mol. The second-order valence-corrected chi connectivity index (χ2v) is 4.20. The van der Waals surface area contributed by atoms with Crippen LogP contribution in [0.25, 0.3) is 0 Å². The van der Waals surface area contributed by atoms with Gasteiger partial charge in [0.15, 0.2) is 0 Å². The highest BCUT2D eigenvalue weighted by Gasteiger charge is 2.46. The first-order valence-corrected chi connectivity index (χ1v) is 5.28. The average Bonchev–Trinajstić information content (AvgIpc) is 2.59. The van der Waals surface area contributed by atoms with E-state index < -0.39 is 17.5 Å². The number of hydrogen-bond donors (Lipinski definition) is 2. The van der Waals surface area contributed by atoms with Crippen molar-refractivity contribution in [1.29, 1.82) is 0 Å². The minimum absolute atomic E-state index is 0.127. The van der Waals surface area contributed by atoms with Gasteiger partial charge in [0.25, 0.3) is 0 Å². The lowest BCUT2D eigenvalue weighted by Gasteiger charge is -2.27. The number of carboxylic acid groups (broad SMARTS) is 1. The Bertz CT molecular complexity index is 302. The number of rotatable bonds is 4. The molecule has 90 valence electrons. The van der Waals surface area contributed by atoms with E-state index in [-0.39, 0.29) is 12.6 Å². The Morgan fingerprint density at radius 3 is 2.94 bits per heavy atom. The van der Waals surface area contributed by atoms with Gasteiger partial charge in [-0.3, -0.25) is 4.79 Å². The number of alkyl carbamates (subject to hydrolysis) is 1. The van der Waals surface area contributed by atoms with Crippen LogP contribution < -0.4 is 5.32 Å². The summed E-state index contributed by atoms with van der Waals surface area (Å²) in [6.07, 6.45) is 2.93. The molecule has 1 fully saturated rings. The maximum absolute atomic E-state index is 11.3. The number of carbonyl (C=O) groups is 2. The van der Waals surface area contributed by atoms with E-state index in [0.29, 0.717) is 12.8 Å². The third-order valence-corrected chi connectivity index (χ3v) is 3.07. The lowest BCUT2D eigenvalue weighted by atomic mass is 9.85. The molecule has 2 atom stereocenters. The summed E-state index contributed by atoms with van der Waals surface area (Å²) >= 11 is 0. The van der Waals surface area contributed by atoms with Crippen molar-refractivity contribution in [2.75, 3.05) is 6.61 Å². The van der Waals surface area contributed by atoms with Gasteiger partial charge >= 0.3 is 12.1 Å². The predicted octanol–water partition coefficient (Wildman–Crippen LogP) is 1.54. The predicted molar refractivity (Wildman–Crippen MR) is 58.1 cm³/mol. The summed E-state index contributed by atoms with van der Waals surface area (Å²) < 4.78 is 4.77. The van der Waals surface area contributed by atoms with E-state index in [2.05, 4.69) is 11.9 Å². The molecule has 0 saturated heterocycles. The van der Waals surface area contributed by atoms with Crippen molar-refractivity contribution < 1.29 is 19.4 Å². The molecule has 1 amide bonds. The Kier molecular flexibility index (Phi) is 3.93. The van der Waals surface area contributed by atoms with Gasteiger partial charge < -0.3 is 15.2 Å². The van der Waals surface area contributed by atoms with Gasteiger partial charge in [0.05, 0.1) is 5.41 Å². The van der Waals surface area contributed by atoms with Crippen LogP contribution in [0, 0.1) is 5.41 Å². The molecule has 5 heteroatoms. The molecule has 1 saturated carbocycles. The molecule has 0 spiro atoms. The Hall–Kier alpha value is -1.52. The minimum Gasteiger partial charge on any atom is -0.481 e. The smallest absolute Gasteiger partial charge is 0.407 e. The third-order valence-electron chi connectivity index (χ3n) is 3.07. The molecule has 0 bridgehead atoms. The van der Waals surface area contributed by atoms with E-state index in [4.69, 9.17) is 9.84 Å². The Morgan fingerprint density at radius 1 is 1.69 bits per heavy atom. The van der Waals surface area contributed by atoms with E-state index in [0.717, 1.165) is 6.42 Å². The molecule has 5 nitrogen and oxygen atoms in total. The third kappa shape index (κ3) is 2.53. The standard InChI is InChI=1S/C11H17NO4/c1-3-7-16-10(15)12-8-5-4-6-11(8,2)9(13)14/h3,8H,1,4-7H2,2H3,(H,12,15)(H,13,14)/t8-,11-/m0/s1. The zero-order valence-corrected chi connectivity index (χ0v) is 9.36. The molecular weight excluding hydrogens is 210 g/mol. The monoisotopic (exact) mass is 227 g/mol. The Morgan fingerprint density at radius 2 is 2.38 bits per heavy atom. The van der Waals surface area contributed by atoms with Crippen LogP contribution in [0.2, 0.25) is 0 Å². The summed E-state index contributed by atoms with van der Waals surface area (Å²) in [7, 11) is 0. The van der Waals surface area contributed by atoms with Crippen LogP contribution in [-0.4, -0.2) is 29.8 Å². The van der Waals surface area contributed by atoms with E-state index in [1.807, 2.05) is 0 Å². The quantitative estimate of drug-likeness (QED) is 0.714. The first-order valence-electron chi connectivity index (χ1n) is 5.28. The normalized spacial score (nSPS) is 28.4. The number of carbonyl (C=O) groups excluding carboxylic acids is 1. The molecule has 1 aliphatic carbocycles. The van der Waals surface area contributed by atoms with Crippen LogP contribution in [0.4, 0.5) is 4.79 Å². The molecule has 0 unspecified atom stereocenters. The van der Waals surface area contributed by atoms with Crippen LogP contribution in [0.1, 0.15) is 26.2 Å². The number of amides is 1. The maximum atomic E-state index is 11.3. The lowest BCUT2D eigenvalue weighted by Crippen LogP contribution is -2.47. The summed E-state index contributed by atoms with van der Waals surface area (Å²) in [6.45, 7) is 5.20. The van der Waals surface area contributed by atoms with E-state index in [1.54, 1.807) is 6.92 Å². The summed E-state index contributed by atoms with van der Waals surface area (Å²) in [6, 6.07) is -0.359. The number of aliphatic carboxylic acids is 1. The first kappa shape index (κ1) is 12.5. The van der Waals surface area contributed by atoms with Crippen molar-refractivity contribution in [3.8, 4) is 0 Å². The fourth-order valence-corrected chi connectivity index (χ4v) is 1.97. The Balaban J connectivity index is 2.56. The molecule has 0 radical (unpaired) electrons. The van der Waals surface area contributed by atoms with Gasteiger partial charge in [-0.2, -0.15) is 0 Å². The topological polar surface area (TPSA) is 75.6 Å². The summed E-state index contributed by atoms with van der Waals surface area (Å²) in [5.74, 6) is -0.876. The summed E-state index contributed by atoms with van der Waals surface area (Å²) in [5.41, 5.74) is -0.882. The van der Waals surface area contributed by atoms with Gasteiger partial charge in [0.1, 0.15) is 6.61 Å². The van der Waals surface area contributed by atoms with Gasteiger partial charge in [-0.15, -0.1) is 0 Å². The first-order chi connectivity index (χ1) is 7.50.